The molecule has 1 aliphatic rings. The van der Waals surface area contributed by atoms with E-state index in [1.807, 2.05) is 0 Å². The molecule has 0 spiro atoms. The number of aromatic nitrogens is 4. The normalized spacial score (nSPS) is 12.6. The Kier molecular flexibility index (Phi) is 3.65. The lowest BCUT2D eigenvalue weighted by atomic mass is 10.0. The van der Waals surface area contributed by atoms with Gasteiger partial charge in [0.2, 0.25) is 0 Å². The maximum atomic E-state index is 12.2. The number of allylic oxidation sites excluding steroid dienone is 1. The first kappa shape index (κ1) is 14.9. The summed E-state index contributed by atoms with van der Waals surface area (Å²) in [6, 6.07) is 0. The maximum absolute atomic E-state index is 12.2. The van der Waals surface area contributed by atoms with Gasteiger partial charge >= 0.3 is 5.97 Å². The van der Waals surface area contributed by atoms with E-state index in [4.69, 9.17) is 4.74 Å². The van der Waals surface area contributed by atoms with E-state index in [0.717, 1.165) is 5.56 Å². The van der Waals surface area contributed by atoms with Gasteiger partial charge in [0.1, 0.15) is 17.9 Å². The highest BCUT2D eigenvalue weighted by atomic mass is 16.5. The molecule has 0 fully saturated rings. The van der Waals surface area contributed by atoms with E-state index in [-0.39, 0.29) is 5.57 Å². The number of Topliss-reactive ketones (excluding diaryl/α,β-unsaturated/α-hetero) is 1. The number of carbonyl (C=O) groups excluding carboxylic acids is 2. The monoisotopic (exact) mass is 314 g/mol. The zero-order chi connectivity index (χ0) is 16.6. The molecule has 3 rings (SSSR count). The summed E-state index contributed by atoms with van der Waals surface area (Å²) in [7, 11) is 2.65. The number of fused-ring (bicyclic) bond motifs is 1. The first-order valence-corrected chi connectivity index (χ1v) is 6.84. The fraction of sp³-hybridized carbons (Fsp3) is 0.267. The van der Waals surface area contributed by atoms with Crippen LogP contribution in [0.5, 0.6) is 5.75 Å². The number of hydrogen-bond acceptors (Lipinski definition) is 7. The predicted octanol–water partition coefficient (Wildman–Crippen LogP) is 0.661. The van der Waals surface area contributed by atoms with Crippen molar-refractivity contribution in [3.05, 3.63) is 35.6 Å². The Hall–Kier alpha value is -3.03. The van der Waals surface area contributed by atoms with E-state index in [9.17, 15) is 9.59 Å². The molecule has 0 N–H and O–H groups in total. The van der Waals surface area contributed by atoms with Gasteiger partial charge in [-0.3, -0.25) is 4.79 Å². The minimum absolute atomic E-state index is 0.254. The number of ketones is 1. The smallest absolute Gasteiger partial charge is 0.379 e. The summed E-state index contributed by atoms with van der Waals surface area (Å²) in [6.45, 7) is 1.77. The second-order valence-corrected chi connectivity index (χ2v) is 4.88. The minimum Gasteiger partial charge on any atom is -0.494 e. The molecule has 0 saturated carbocycles. The Balaban J connectivity index is 2.14. The van der Waals surface area contributed by atoms with Crippen LogP contribution in [0.25, 0.3) is 11.4 Å². The molecule has 1 aliphatic carbocycles. The van der Waals surface area contributed by atoms with E-state index in [2.05, 4.69) is 19.8 Å². The van der Waals surface area contributed by atoms with Gasteiger partial charge in [-0.1, -0.05) is 6.08 Å². The van der Waals surface area contributed by atoms with Crippen molar-refractivity contribution in [2.75, 3.05) is 14.2 Å². The number of ether oxygens (including phenoxy) is 2. The van der Waals surface area contributed by atoms with Crippen molar-refractivity contribution in [1.82, 2.24) is 19.7 Å². The lowest BCUT2D eigenvalue weighted by Gasteiger charge is -2.12. The van der Waals surface area contributed by atoms with E-state index in [1.54, 1.807) is 19.3 Å². The largest absolute Gasteiger partial charge is 0.494 e. The minimum atomic E-state index is -0.916. The van der Waals surface area contributed by atoms with Gasteiger partial charge in [-0.05, 0) is 13.3 Å². The Morgan fingerprint density at radius 1 is 1.26 bits per heavy atom. The van der Waals surface area contributed by atoms with Crippen LogP contribution in [0.3, 0.4) is 0 Å². The fourth-order valence-corrected chi connectivity index (χ4v) is 2.53. The van der Waals surface area contributed by atoms with Crippen molar-refractivity contribution in [1.29, 1.82) is 0 Å². The molecule has 0 aliphatic heterocycles. The molecule has 0 aromatic carbocycles. The Labute approximate surface area is 131 Å². The lowest BCUT2D eigenvalue weighted by Crippen LogP contribution is -2.17. The average molecular weight is 314 g/mol. The van der Waals surface area contributed by atoms with Crippen LogP contribution in [-0.4, -0.2) is 45.7 Å². The average Bonchev–Trinajstić information content (AvgIpc) is 3.19. The van der Waals surface area contributed by atoms with Gasteiger partial charge < -0.3 is 9.47 Å². The molecule has 0 saturated heterocycles. The molecule has 2 aromatic rings. The number of rotatable bonds is 4. The van der Waals surface area contributed by atoms with Gasteiger partial charge in [0, 0.05) is 16.7 Å². The van der Waals surface area contributed by atoms with E-state index in [0.29, 0.717) is 29.4 Å². The zero-order valence-electron chi connectivity index (χ0n) is 12.9. The van der Waals surface area contributed by atoms with Crippen LogP contribution in [0.4, 0.5) is 0 Å². The molecule has 118 valence electrons. The van der Waals surface area contributed by atoms with Gasteiger partial charge in [0.25, 0.3) is 5.78 Å². The third kappa shape index (κ3) is 2.37. The van der Waals surface area contributed by atoms with Crippen LogP contribution >= 0.6 is 0 Å². The topological polar surface area (TPSA) is 96.2 Å². The Morgan fingerprint density at radius 3 is 2.65 bits per heavy atom. The van der Waals surface area contributed by atoms with E-state index >= 15 is 0 Å². The van der Waals surface area contributed by atoms with Crippen molar-refractivity contribution in [2.45, 2.75) is 13.3 Å². The molecule has 0 bridgehead atoms. The molecule has 2 aromatic heterocycles. The molecule has 8 nitrogen and oxygen atoms in total. The summed E-state index contributed by atoms with van der Waals surface area (Å²) in [5.74, 6) is -0.0577. The van der Waals surface area contributed by atoms with Crippen molar-refractivity contribution in [3.63, 3.8) is 0 Å². The van der Waals surface area contributed by atoms with Gasteiger partial charge in [-0.25, -0.2) is 19.4 Å². The fourth-order valence-electron chi connectivity index (χ4n) is 2.53. The number of nitrogens with zero attached hydrogens (tertiary/aromatic N) is 4. The van der Waals surface area contributed by atoms with Crippen LogP contribution in [0, 0.1) is 6.92 Å². The molecular formula is C15H14N4O4. The van der Waals surface area contributed by atoms with Crippen molar-refractivity contribution in [2.24, 2.45) is 0 Å². The molecule has 0 atom stereocenters. The zero-order valence-corrected chi connectivity index (χ0v) is 12.9. The summed E-state index contributed by atoms with van der Waals surface area (Å²) in [4.78, 5) is 32.2. The Bertz CT molecular complexity index is 838. The highest BCUT2D eigenvalue weighted by molar-refractivity contribution is 6.52. The summed E-state index contributed by atoms with van der Waals surface area (Å²) in [6.07, 6.45) is 5.15. The van der Waals surface area contributed by atoms with Crippen LogP contribution in [0.1, 0.15) is 17.0 Å². The van der Waals surface area contributed by atoms with Gasteiger partial charge in [0.05, 0.1) is 20.4 Å². The maximum Gasteiger partial charge on any atom is 0.379 e. The molecular weight excluding hydrogens is 300 g/mol. The predicted molar refractivity (Wildman–Crippen MR) is 79.1 cm³/mol. The standard InChI is InChI=1S/C15H14N4O4/c1-8-17-7-19(18-8)14-10-5-4-9(13(20)15(21)23-3)12(10)11(22-2)6-16-14/h4,6-7H,5H2,1-3H3. The molecule has 23 heavy (non-hydrogen) atoms. The first-order valence-electron chi connectivity index (χ1n) is 6.84. The summed E-state index contributed by atoms with van der Waals surface area (Å²) < 4.78 is 11.3. The van der Waals surface area contributed by atoms with Crippen LogP contribution < -0.4 is 4.74 Å². The number of esters is 1. The van der Waals surface area contributed by atoms with Crippen molar-refractivity contribution >= 4 is 17.3 Å². The number of pyridine rings is 1. The third-order valence-corrected chi connectivity index (χ3v) is 3.56. The SMILES string of the molecule is COC(=O)C(=O)C1=CCc2c(-n3cnc(C)n3)ncc(OC)c21. The molecule has 0 amide bonds. The van der Waals surface area contributed by atoms with Crippen LogP contribution in [0.2, 0.25) is 0 Å². The number of methoxy groups -OCH3 is 2. The van der Waals surface area contributed by atoms with Crippen molar-refractivity contribution in [3.8, 4) is 11.6 Å². The quantitative estimate of drug-likeness (QED) is 0.604. The lowest BCUT2D eigenvalue weighted by molar-refractivity contribution is -0.148. The summed E-state index contributed by atoms with van der Waals surface area (Å²) in [5.41, 5.74) is 1.55. The number of carbonyl (C=O) groups is 2. The molecule has 2 heterocycles. The van der Waals surface area contributed by atoms with Gasteiger partial charge in [-0.2, -0.15) is 5.10 Å². The van der Waals surface area contributed by atoms with Crippen LogP contribution in [-0.2, 0) is 20.7 Å². The molecule has 0 unspecified atom stereocenters. The second kappa shape index (κ2) is 5.64. The van der Waals surface area contributed by atoms with E-state index in [1.165, 1.54) is 25.1 Å². The van der Waals surface area contributed by atoms with E-state index < -0.39 is 11.8 Å². The Morgan fingerprint density at radius 2 is 2.04 bits per heavy atom. The van der Waals surface area contributed by atoms with Gasteiger partial charge in [-0.15, -0.1) is 0 Å². The molecule has 8 heteroatoms. The second-order valence-electron chi connectivity index (χ2n) is 4.88. The van der Waals surface area contributed by atoms with Crippen molar-refractivity contribution < 1.29 is 19.1 Å². The summed E-state index contributed by atoms with van der Waals surface area (Å²) >= 11 is 0. The highest BCUT2D eigenvalue weighted by Crippen LogP contribution is 2.37. The first-order chi connectivity index (χ1) is 11.1. The third-order valence-electron chi connectivity index (χ3n) is 3.56. The number of hydrogen-bond donors (Lipinski definition) is 0. The summed E-state index contributed by atoms with van der Waals surface area (Å²) in [5, 5.41) is 4.24. The number of aryl methyl sites for hydroxylation is 1. The van der Waals surface area contributed by atoms with Gasteiger partial charge in [0.15, 0.2) is 5.82 Å². The highest BCUT2D eigenvalue weighted by Gasteiger charge is 2.31. The van der Waals surface area contributed by atoms with Crippen LogP contribution in [0.15, 0.2) is 18.6 Å². The molecule has 0 radical (unpaired) electrons.